The van der Waals surface area contributed by atoms with Crippen molar-refractivity contribution in [3.8, 4) is 0 Å². The summed E-state index contributed by atoms with van der Waals surface area (Å²) in [5.41, 5.74) is 1.41. The van der Waals surface area contributed by atoms with Crippen LogP contribution in [0.25, 0.3) is 0 Å². The van der Waals surface area contributed by atoms with E-state index < -0.39 is 0 Å². The second kappa shape index (κ2) is 7.82. The zero-order valence-electron chi connectivity index (χ0n) is 10.5. The van der Waals surface area contributed by atoms with Crippen molar-refractivity contribution in [2.75, 3.05) is 13.7 Å². The van der Waals surface area contributed by atoms with Crippen molar-refractivity contribution in [3.05, 3.63) is 22.4 Å². The van der Waals surface area contributed by atoms with Crippen LogP contribution in [0.1, 0.15) is 32.3 Å². The number of hydrogen-bond acceptors (Lipinski definition) is 3. The Kier molecular flexibility index (Phi) is 6.69. The van der Waals surface area contributed by atoms with E-state index in [4.69, 9.17) is 4.74 Å². The molecule has 0 saturated heterocycles. The maximum absolute atomic E-state index is 5.60. The van der Waals surface area contributed by atoms with Crippen molar-refractivity contribution in [1.82, 2.24) is 5.32 Å². The van der Waals surface area contributed by atoms with Crippen LogP contribution in [-0.2, 0) is 11.2 Å². The summed E-state index contributed by atoms with van der Waals surface area (Å²) in [5.74, 6) is 0. The molecule has 1 aromatic heterocycles. The summed E-state index contributed by atoms with van der Waals surface area (Å²) in [5, 5.41) is 7.90. The van der Waals surface area contributed by atoms with Gasteiger partial charge in [-0.1, -0.05) is 20.3 Å². The maximum Gasteiger partial charge on any atom is 0.0727 e. The van der Waals surface area contributed by atoms with Gasteiger partial charge < -0.3 is 10.1 Å². The molecule has 0 amide bonds. The third kappa shape index (κ3) is 4.24. The zero-order valence-corrected chi connectivity index (χ0v) is 11.3. The van der Waals surface area contributed by atoms with E-state index in [0.29, 0.717) is 12.1 Å². The van der Waals surface area contributed by atoms with Gasteiger partial charge in [0.1, 0.15) is 0 Å². The van der Waals surface area contributed by atoms with E-state index in [2.05, 4.69) is 36.0 Å². The van der Waals surface area contributed by atoms with Crippen molar-refractivity contribution in [3.63, 3.8) is 0 Å². The molecule has 0 bridgehead atoms. The number of hydrogen-bond donors (Lipinski definition) is 1. The molecule has 0 aromatic carbocycles. The number of ether oxygens (including phenoxy) is 1. The van der Waals surface area contributed by atoms with Gasteiger partial charge in [0.05, 0.1) is 6.10 Å². The molecule has 0 aliphatic heterocycles. The Morgan fingerprint density at radius 3 is 2.75 bits per heavy atom. The highest BCUT2D eigenvalue weighted by Gasteiger charge is 2.19. The Balaban J connectivity index is 2.57. The van der Waals surface area contributed by atoms with Gasteiger partial charge in [-0.3, -0.25) is 0 Å². The maximum atomic E-state index is 5.60. The molecule has 0 spiro atoms. The molecule has 16 heavy (non-hydrogen) atoms. The van der Waals surface area contributed by atoms with Crippen molar-refractivity contribution in [1.29, 1.82) is 0 Å². The predicted octanol–water partition coefficient (Wildman–Crippen LogP) is 3.08. The molecule has 2 unspecified atom stereocenters. The molecule has 0 aliphatic rings. The monoisotopic (exact) mass is 241 g/mol. The number of nitrogens with one attached hydrogen (secondary N) is 1. The fraction of sp³-hybridized carbons (Fsp3) is 0.692. The highest BCUT2D eigenvalue weighted by atomic mass is 32.1. The molecule has 1 rings (SSSR count). The van der Waals surface area contributed by atoms with Crippen LogP contribution in [0.15, 0.2) is 16.8 Å². The summed E-state index contributed by atoms with van der Waals surface area (Å²) >= 11 is 1.76. The van der Waals surface area contributed by atoms with Crippen LogP contribution in [-0.4, -0.2) is 25.8 Å². The van der Waals surface area contributed by atoms with Gasteiger partial charge in [-0.15, -0.1) is 0 Å². The molecule has 92 valence electrons. The highest BCUT2D eigenvalue weighted by Crippen LogP contribution is 2.14. The van der Waals surface area contributed by atoms with E-state index >= 15 is 0 Å². The first-order chi connectivity index (χ1) is 7.81. The van der Waals surface area contributed by atoms with Crippen molar-refractivity contribution in [2.45, 2.75) is 45.3 Å². The first kappa shape index (κ1) is 13.7. The second-order valence-corrected chi connectivity index (χ2v) is 4.84. The van der Waals surface area contributed by atoms with Gasteiger partial charge >= 0.3 is 0 Å². The molecule has 0 radical (unpaired) electrons. The Labute approximate surface area is 103 Å². The van der Waals surface area contributed by atoms with Crippen LogP contribution in [0.4, 0.5) is 0 Å². The highest BCUT2D eigenvalue weighted by molar-refractivity contribution is 7.07. The average Bonchev–Trinajstić information content (AvgIpc) is 2.78. The van der Waals surface area contributed by atoms with Crippen LogP contribution >= 0.6 is 11.3 Å². The van der Waals surface area contributed by atoms with E-state index in [-0.39, 0.29) is 0 Å². The van der Waals surface area contributed by atoms with Crippen molar-refractivity contribution < 1.29 is 4.74 Å². The van der Waals surface area contributed by atoms with Gasteiger partial charge in [0.25, 0.3) is 0 Å². The Morgan fingerprint density at radius 1 is 1.44 bits per heavy atom. The normalized spacial score (nSPS) is 14.9. The van der Waals surface area contributed by atoms with Crippen LogP contribution in [0.3, 0.4) is 0 Å². The van der Waals surface area contributed by atoms with Gasteiger partial charge in [-0.05, 0) is 41.8 Å². The fourth-order valence-electron chi connectivity index (χ4n) is 2.03. The first-order valence-corrected chi connectivity index (χ1v) is 7.03. The van der Waals surface area contributed by atoms with Gasteiger partial charge in [0.2, 0.25) is 0 Å². The SMILES string of the molecule is CCCC(OC)C(Cc1ccsc1)NCC. The lowest BCUT2D eigenvalue weighted by molar-refractivity contribution is 0.0614. The minimum atomic E-state index is 0.324. The van der Waals surface area contributed by atoms with Crippen molar-refractivity contribution in [2.24, 2.45) is 0 Å². The summed E-state index contributed by atoms with van der Waals surface area (Å²) < 4.78 is 5.60. The van der Waals surface area contributed by atoms with E-state index in [1.807, 2.05) is 7.11 Å². The molecule has 0 fully saturated rings. The molecule has 1 heterocycles. The number of thiophene rings is 1. The molecule has 0 saturated carbocycles. The molecule has 1 N–H and O–H groups in total. The Hall–Kier alpha value is -0.380. The smallest absolute Gasteiger partial charge is 0.0727 e. The third-order valence-corrected chi connectivity index (χ3v) is 3.56. The first-order valence-electron chi connectivity index (χ1n) is 6.09. The standard InChI is InChI=1S/C13H23NOS/c1-4-6-13(15-3)12(14-5-2)9-11-7-8-16-10-11/h7-8,10,12-14H,4-6,9H2,1-3H3. The van der Waals surface area contributed by atoms with Crippen molar-refractivity contribution >= 4 is 11.3 Å². The molecular formula is C13H23NOS. The summed E-state index contributed by atoms with van der Waals surface area (Å²) in [6.45, 7) is 5.36. The third-order valence-electron chi connectivity index (χ3n) is 2.83. The van der Waals surface area contributed by atoms with Gasteiger partial charge in [0.15, 0.2) is 0 Å². The molecule has 2 nitrogen and oxygen atoms in total. The van der Waals surface area contributed by atoms with Crippen LogP contribution in [0, 0.1) is 0 Å². The number of rotatable bonds is 8. The van der Waals surface area contributed by atoms with Gasteiger partial charge in [-0.25, -0.2) is 0 Å². The van der Waals surface area contributed by atoms with Gasteiger partial charge in [-0.2, -0.15) is 11.3 Å². The van der Waals surface area contributed by atoms with E-state index in [9.17, 15) is 0 Å². The summed E-state index contributed by atoms with van der Waals surface area (Å²) in [6.07, 6.45) is 3.68. The van der Waals surface area contributed by atoms with Crippen LogP contribution in [0.2, 0.25) is 0 Å². The van der Waals surface area contributed by atoms with Gasteiger partial charge in [0, 0.05) is 13.2 Å². The number of methoxy groups -OCH3 is 1. The second-order valence-electron chi connectivity index (χ2n) is 4.06. The quantitative estimate of drug-likeness (QED) is 0.755. The fourth-order valence-corrected chi connectivity index (χ4v) is 2.71. The van der Waals surface area contributed by atoms with E-state index in [0.717, 1.165) is 19.4 Å². The molecule has 1 aromatic rings. The molecule has 3 heteroatoms. The van der Waals surface area contributed by atoms with E-state index in [1.165, 1.54) is 12.0 Å². The topological polar surface area (TPSA) is 21.3 Å². The van der Waals surface area contributed by atoms with Crippen LogP contribution in [0.5, 0.6) is 0 Å². The average molecular weight is 241 g/mol. The lowest BCUT2D eigenvalue weighted by Crippen LogP contribution is -2.42. The van der Waals surface area contributed by atoms with Crippen LogP contribution < -0.4 is 5.32 Å². The minimum absolute atomic E-state index is 0.324. The predicted molar refractivity (Wildman–Crippen MR) is 71.2 cm³/mol. The lowest BCUT2D eigenvalue weighted by Gasteiger charge is -2.26. The molecular weight excluding hydrogens is 218 g/mol. The Morgan fingerprint density at radius 2 is 2.25 bits per heavy atom. The summed E-state index contributed by atoms with van der Waals surface area (Å²) in [4.78, 5) is 0. The number of likely N-dealkylation sites (N-methyl/N-ethyl adjacent to an activating group) is 1. The summed E-state index contributed by atoms with van der Waals surface area (Å²) in [6, 6.07) is 2.64. The largest absolute Gasteiger partial charge is 0.380 e. The lowest BCUT2D eigenvalue weighted by atomic mass is 10.00. The minimum Gasteiger partial charge on any atom is -0.380 e. The zero-order chi connectivity index (χ0) is 11.8. The molecule has 2 atom stereocenters. The van der Waals surface area contributed by atoms with E-state index in [1.54, 1.807) is 11.3 Å². The summed E-state index contributed by atoms with van der Waals surface area (Å²) in [7, 11) is 1.82. The Bertz CT molecular complexity index is 261. The molecule has 0 aliphatic carbocycles.